The van der Waals surface area contributed by atoms with Crippen molar-refractivity contribution in [3.63, 3.8) is 0 Å². The average Bonchev–Trinajstić information content (AvgIpc) is 2.42. The van der Waals surface area contributed by atoms with E-state index in [0.29, 0.717) is 19.4 Å². The van der Waals surface area contributed by atoms with E-state index >= 15 is 0 Å². The first-order valence-electron chi connectivity index (χ1n) is 8.26. The quantitative estimate of drug-likeness (QED) is 0.425. The first-order chi connectivity index (χ1) is 9.20. The fourth-order valence-corrected chi connectivity index (χ4v) is 2.34. The summed E-state index contributed by atoms with van der Waals surface area (Å²) in [7, 11) is 0. The second-order valence-corrected chi connectivity index (χ2v) is 5.74. The van der Waals surface area contributed by atoms with Gasteiger partial charge in [0.2, 0.25) is 0 Å². The lowest BCUT2D eigenvalue weighted by Gasteiger charge is -2.12. The molecule has 0 saturated heterocycles. The van der Waals surface area contributed by atoms with Gasteiger partial charge in [-0.25, -0.2) is 0 Å². The first-order valence-corrected chi connectivity index (χ1v) is 8.26. The molecule has 0 saturated carbocycles. The molecule has 19 heavy (non-hydrogen) atoms. The molecule has 2 atom stereocenters. The van der Waals surface area contributed by atoms with Gasteiger partial charge in [-0.05, 0) is 19.3 Å². The third-order valence-electron chi connectivity index (χ3n) is 3.75. The molecule has 0 aromatic heterocycles. The molecule has 3 nitrogen and oxygen atoms in total. The maximum Gasteiger partial charge on any atom is 0.0663 e. The molecule has 0 amide bonds. The predicted molar refractivity (Wildman–Crippen MR) is 82.1 cm³/mol. The number of hydrogen-bond acceptors (Lipinski definition) is 3. The Labute approximate surface area is 119 Å². The van der Waals surface area contributed by atoms with E-state index in [4.69, 9.17) is 5.73 Å². The van der Waals surface area contributed by atoms with Gasteiger partial charge in [0.1, 0.15) is 0 Å². The summed E-state index contributed by atoms with van der Waals surface area (Å²) in [4.78, 5) is 0. The van der Waals surface area contributed by atoms with Crippen LogP contribution in [0.3, 0.4) is 0 Å². The maximum absolute atomic E-state index is 9.74. The van der Waals surface area contributed by atoms with Crippen LogP contribution < -0.4 is 5.73 Å². The molecule has 0 aromatic rings. The van der Waals surface area contributed by atoms with E-state index in [0.717, 1.165) is 12.8 Å². The Bertz CT molecular complexity index is 176. The molecule has 0 aliphatic heterocycles. The second kappa shape index (κ2) is 14.3. The van der Waals surface area contributed by atoms with E-state index in [1.54, 1.807) is 0 Å². The smallest absolute Gasteiger partial charge is 0.0663 e. The Kier molecular flexibility index (Phi) is 14.2. The molecule has 3 heteroatoms. The van der Waals surface area contributed by atoms with E-state index < -0.39 is 6.10 Å². The van der Waals surface area contributed by atoms with Crippen LogP contribution in [0.5, 0.6) is 0 Å². The average molecular weight is 273 g/mol. The summed E-state index contributed by atoms with van der Waals surface area (Å²) in [6.07, 6.45) is 13.3. The molecule has 116 valence electrons. The molecule has 0 aliphatic carbocycles. The van der Waals surface area contributed by atoms with Crippen molar-refractivity contribution in [3.8, 4) is 0 Å². The van der Waals surface area contributed by atoms with Crippen molar-refractivity contribution in [1.29, 1.82) is 0 Å². The number of aliphatic hydroxyl groups is 2. The SMILES string of the molecule is CCCCCCCCCCCC(O)CCC(O)CN. The Hall–Kier alpha value is -0.120. The Balaban J connectivity index is 3.16. The minimum absolute atomic E-state index is 0.259. The summed E-state index contributed by atoms with van der Waals surface area (Å²) < 4.78 is 0. The third-order valence-corrected chi connectivity index (χ3v) is 3.75. The minimum Gasteiger partial charge on any atom is -0.393 e. The van der Waals surface area contributed by atoms with Crippen LogP contribution >= 0.6 is 0 Å². The van der Waals surface area contributed by atoms with Crippen LogP contribution in [-0.4, -0.2) is 29.0 Å². The molecule has 4 N–H and O–H groups in total. The van der Waals surface area contributed by atoms with E-state index in [2.05, 4.69) is 6.92 Å². The highest BCUT2D eigenvalue weighted by Gasteiger charge is 2.07. The molecule has 0 bridgehead atoms. The fraction of sp³-hybridized carbons (Fsp3) is 1.00. The Morgan fingerprint density at radius 2 is 1.16 bits per heavy atom. The van der Waals surface area contributed by atoms with Crippen LogP contribution in [0.4, 0.5) is 0 Å². The van der Waals surface area contributed by atoms with Crippen LogP contribution in [0.25, 0.3) is 0 Å². The molecular weight excluding hydrogens is 238 g/mol. The van der Waals surface area contributed by atoms with Gasteiger partial charge in [0, 0.05) is 6.54 Å². The van der Waals surface area contributed by atoms with Gasteiger partial charge in [-0.15, -0.1) is 0 Å². The molecular formula is C16H35NO2. The van der Waals surface area contributed by atoms with Gasteiger partial charge < -0.3 is 15.9 Å². The molecule has 0 spiro atoms. The third kappa shape index (κ3) is 14.1. The zero-order chi connectivity index (χ0) is 14.3. The second-order valence-electron chi connectivity index (χ2n) is 5.74. The molecule has 0 aliphatic rings. The van der Waals surface area contributed by atoms with Crippen LogP contribution in [0.15, 0.2) is 0 Å². The zero-order valence-electron chi connectivity index (χ0n) is 12.8. The highest BCUT2D eigenvalue weighted by Crippen LogP contribution is 2.13. The van der Waals surface area contributed by atoms with E-state index in [1.807, 2.05) is 0 Å². The van der Waals surface area contributed by atoms with Crippen molar-refractivity contribution in [2.24, 2.45) is 5.73 Å². The number of rotatable bonds is 14. The molecule has 0 radical (unpaired) electrons. The van der Waals surface area contributed by atoms with Crippen LogP contribution in [0.1, 0.15) is 84.0 Å². The van der Waals surface area contributed by atoms with Gasteiger partial charge in [-0.1, -0.05) is 64.7 Å². The van der Waals surface area contributed by atoms with Crippen molar-refractivity contribution < 1.29 is 10.2 Å². The summed E-state index contributed by atoms with van der Waals surface area (Å²) in [5.74, 6) is 0. The van der Waals surface area contributed by atoms with Gasteiger partial charge in [-0.2, -0.15) is 0 Å². The number of nitrogens with two attached hydrogens (primary N) is 1. The van der Waals surface area contributed by atoms with E-state index in [-0.39, 0.29) is 6.10 Å². The van der Waals surface area contributed by atoms with Gasteiger partial charge in [-0.3, -0.25) is 0 Å². The standard InChI is InChI=1S/C16H35NO2/c1-2-3-4-5-6-7-8-9-10-11-15(18)12-13-16(19)14-17/h15-16,18-19H,2-14,17H2,1H3. The lowest BCUT2D eigenvalue weighted by atomic mass is 10.0. The lowest BCUT2D eigenvalue weighted by molar-refractivity contribution is 0.110. The van der Waals surface area contributed by atoms with Crippen molar-refractivity contribution in [1.82, 2.24) is 0 Å². The summed E-state index contributed by atoms with van der Waals surface area (Å²) in [5.41, 5.74) is 5.33. The van der Waals surface area contributed by atoms with Gasteiger partial charge >= 0.3 is 0 Å². The maximum atomic E-state index is 9.74. The highest BCUT2D eigenvalue weighted by atomic mass is 16.3. The van der Waals surface area contributed by atoms with Gasteiger partial charge in [0.05, 0.1) is 12.2 Å². The highest BCUT2D eigenvalue weighted by molar-refractivity contribution is 4.62. The molecule has 0 aromatic carbocycles. The number of unbranched alkanes of at least 4 members (excludes halogenated alkanes) is 8. The van der Waals surface area contributed by atoms with Crippen LogP contribution in [0.2, 0.25) is 0 Å². The summed E-state index contributed by atoms with van der Waals surface area (Å²) >= 11 is 0. The van der Waals surface area contributed by atoms with Gasteiger partial charge in [0.25, 0.3) is 0 Å². The molecule has 0 heterocycles. The lowest BCUT2D eigenvalue weighted by Crippen LogP contribution is -2.21. The van der Waals surface area contributed by atoms with Crippen LogP contribution in [0, 0.1) is 0 Å². The van der Waals surface area contributed by atoms with Gasteiger partial charge in [0.15, 0.2) is 0 Å². The van der Waals surface area contributed by atoms with Crippen molar-refractivity contribution in [2.75, 3.05) is 6.54 Å². The summed E-state index contributed by atoms with van der Waals surface area (Å²) in [6.45, 7) is 2.54. The molecule has 0 rings (SSSR count). The topological polar surface area (TPSA) is 66.5 Å². The predicted octanol–water partition coefficient (Wildman–Crippen LogP) is 3.37. The van der Waals surface area contributed by atoms with Crippen molar-refractivity contribution in [2.45, 2.75) is 96.2 Å². The molecule has 2 unspecified atom stereocenters. The number of hydrogen-bond donors (Lipinski definition) is 3. The first kappa shape index (κ1) is 18.9. The van der Waals surface area contributed by atoms with Crippen molar-refractivity contribution in [3.05, 3.63) is 0 Å². The normalized spacial score (nSPS) is 14.5. The van der Waals surface area contributed by atoms with E-state index in [9.17, 15) is 10.2 Å². The Morgan fingerprint density at radius 3 is 1.68 bits per heavy atom. The van der Waals surface area contributed by atoms with Crippen molar-refractivity contribution >= 4 is 0 Å². The summed E-state index contributed by atoms with van der Waals surface area (Å²) in [5, 5.41) is 19.0. The van der Waals surface area contributed by atoms with Crippen LogP contribution in [-0.2, 0) is 0 Å². The summed E-state index contributed by atoms with van der Waals surface area (Å²) in [6, 6.07) is 0. The Morgan fingerprint density at radius 1 is 0.684 bits per heavy atom. The largest absolute Gasteiger partial charge is 0.393 e. The fourth-order valence-electron chi connectivity index (χ4n) is 2.34. The molecule has 0 fully saturated rings. The van der Waals surface area contributed by atoms with E-state index in [1.165, 1.54) is 51.4 Å². The minimum atomic E-state index is -0.447. The monoisotopic (exact) mass is 273 g/mol. The number of aliphatic hydroxyl groups excluding tert-OH is 2. The zero-order valence-corrected chi connectivity index (χ0v) is 12.8.